The number of nitrogens with zero attached hydrogens (tertiary/aromatic N) is 1. The molecule has 2 aliphatic rings. The van der Waals surface area contributed by atoms with Gasteiger partial charge in [0.2, 0.25) is 15.9 Å². The standard InChI is InChI=1S/C17H23FN2O4S/c1-12-3-4-13(18)11-14(12)25(22,23)20-8-2-5-17(15(20)16(19)21)6-9-24-10-7-17/h3-4,11,15H,2,5-10H2,1H3,(H2,19,21). The van der Waals surface area contributed by atoms with Gasteiger partial charge in [0.15, 0.2) is 0 Å². The van der Waals surface area contributed by atoms with Gasteiger partial charge < -0.3 is 10.5 Å². The van der Waals surface area contributed by atoms with Crippen LogP contribution in [0.3, 0.4) is 0 Å². The normalized spacial score (nSPS) is 24.3. The van der Waals surface area contributed by atoms with E-state index in [0.29, 0.717) is 38.0 Å². The van der Waals surface area contributed by atoms with Crippen LogP contribution in [-0.2, 0) is 19.6 Å². The number of rotatable bonds is 3. The van der Waals surface area contributed by atoms with Crippen molar-refractivity contribution in [2.45, 2.75) is 43.5 Å². The van der Waals surface area contributed by atoms with Crippen molar-refractivity contribution < 1.29 is 22.3 Å². The number of primary amides is 1. The Morgan fingerprint density at radius 3 is 2.64 bits per heavy atom. The third-order valence-electron chi connectivity index (χ3n) is 5.42. The van der Waals surface area contributed by atoms with E-state index >= 15 is 0 Å². The van der Waals surface area contributed by atoms with Gasteiger partial charge in [0, 0.05) is 25.2 Å². The second-order valence-corrected chi connectivity index (χ2v) is 8.77. The monoisotopic (exact) mass is 370 g/mol. The van der Waals surface area contributed by atoms with Crippen LogP contribution < -0.4 is 5.73 Å². The van der Waals surface area contributed by atoms with Crippen LogP contribution >= 0.6 is 0 Å². The maximum atomic E-state index is 13.7. The van der Waals surface area contributed by atoms with Crippen LogP contribution in [0.2, 0.25) is 0 Å². The second kappa shape index (κ2) is 6.66. The van der Waals surface area contributed by atoms with E-state index in [0.717, 1.165) is 12.5 Å². The SMILES string of the molecule is Cc1ccc(F)cc1S(=O)(=O)N1CCCC2(CCOCC2)C1C(N)=O. The molecular weight excluding hydrogens is 347 g/mol. The number of sulfonamides is 1. The molecule has 1 aromatic rings. The topological polar surface area (TPSA) is 89.7 Å². The lowest BCUT2D eigenvalue weighted by Gasteiger charge is -2.49. The molecule has 0 saturated carbocycles. The third kappa shape index (κ3) is 3.18. The molecule has 0 radical (unpaired) electrons. The molecule has 1 atom stereocenters. The number of halogens is 1. The summed E-state index contributed by atoms with van der Waals surface area (Å²) >= 11 is 0. The molecule has 138 valence electrons. The molecular formula is C17H23FN2O4S. The molecule has 6 nitrogen and oxygen atoms in total. The van der Waals surface area contributed by atoms with Gasteiger partial charge in [0.05, 0.1) is 4.90 Å². The average Bonchev–Trinajstić information content (AvgIpc) is 2.57. The van der Waals surface area contributed by atoms with Crippen LogP contribution in [0, 0.1) is 18.2 Å². The summed E-state index contributed by atoms with van der Waals surface area (Å²) in [6.07, 6.45) is 2.55. The van der Waals surface area contributed by atoms with Gasteiger partial charge in [-0.25, -0.2) is 12.8 Å². The number of benzene rings is 1. The Bertz CT molecular complexity index is 769. The molecule has 0 aromatic heterocycles. The van der Waals surface area contributed by atoms with Crippen LogP contribution in [-0.4, -0.2) is 44.4 Å². The van der Waals surface area contributed by atoms with Crippen molar-refractivity contribution in [3.63, 3.8) is 0 Å². The van der Waals surface area contributed by atoms with E-state index in [1.165, 1.54) is 16.4 Å². The summed E-state index contributed by atoms with van der Waals surface area (Å²) in [5.74, 6) is -1.28. The Morgan fingerprint density at radius 2 is 2.00 bits per heavy atom. The van der Waals surface area contributed by atoms with Gasteiger partial charge in [-0.3, -0.25) is 4.79 Å². The first kappa shape index (κ1) is 18.3. The van der Waals surface area contributed by atoms with Gasteiger partial charge >= 0.3 is 0 Å². The summed E-state index contributed by atoms with van der Waals surface area (Å²) in [5.41, 5.74) is 5.58. The van der Waals surface area contributed by atoms with Crippen molar-refractivity contribution in [2.75, 3.05) is 19.8 Å². The molecule has 2 saturated heterocycles. The van der Waals surface area contributed by atoms with E-state index in [4.69, 9.17) is 10.5 Å². The Hall–Kier alpha value is -1.51. The van der Waals surface area contributed by atoms with Crippen LogP contribution in [0.4, 0.5) is 4.39 Å². The summed E-state index contributed by atoms with van der Waals surface area (Å²) in [5, 5.41) is 0. The van der Waals surface area contributed by atoms with Crippen molar-refractivity contribution in [3.8, 4) is 0 Å². The molecule has 2 fully saturated rings. The van der Waals surface area contributed by atoms with Crippen molar-refractivity contribution in [3.05, 3.63) is 29.6 Å². The van der Waals surface area contributed by atoms with E-state index in [2.05, 4.69) is 0 Å². The summed E-state index contributed by atoms with van der Waals surface area (Å²) in [4.78, 5) is 12.2. The predicted molar refractivity (Wildman–Crippen MR) is 89.7 cm³/mol. The zero-order chi connectivity index (χ0) is 18.2. The molecule has 3 rings (SSSR count). The number of carbonyl (C=O) groups excluding carboxylic acids is 1. The fourth-order valence-corrected chi connectivity index (χ4v) is 6.10. The number of aryl methyl sites for hydroxylation is 1. The summed E-state index contributed by atoms with van der Waals surface area (Å²) in [6.45, 7) is 2.78. The largest absolute Gasteiger partial charge is 0.381 e. The molecule has 1 amide bonds. The van der Waals surface area contributed by atoms with Crippen molar-refractivity contribution in [2.24, 2.45) is 11.1 Å². The Kier molecular flexibility index (Phi) is 4.87. The lowest BCUT2D eigenvalue weighted by Crippen LogP contribution is -2.61. The first-order chi connectivity index (χ1) is 11.8. The van der Waals surface area contributed by atoms with E-state index in [9.17, 15) is 17.6 Å². The second-order valence-electron chi connectivity index (χ2n) is 6.91. The highest BCUT2D eigenvalue weighted by molar-refractivity contribution is 7.89. The number of piperidine rings is 1. The highest BCUT2D eigenvalue weighted by Crippen LogP contribution is 2.45. The van der Waals surface area contributed by atoms with Crippen LogP contribution in [0.5, 0.6) is 0 Å². The summed E-state index contributed by atoms with van der Waals surface area (Å²) in [7, 11) is -4.03. The Morgan fingerprint density at radius 1 is 1.32 bits per heavy atom. The number of nitrogens with two attached hydrogens (primary N) is 1. The third-order valence-corrected chi connectivity index (χ3v) is 7.42. The minimum absolute atomic E-state index is 0.108. The predicted octanol–water partition coefficient (Wildman–Crippen LogP) is 1.57. The molecule has 1 unspecified atom stereocenters. The number of carbonyl (C=O) groups is 1. The quantitative estimate of drug-likeness (QED) is 0.874. The fourth-order valence-electron chi connectivity index (χ4n) is 4.14. The van der Waals surface area contributed by atoms with E-state index in [1.807, 2.05) is 0 Å². The Labute approximate surface area is 147 Å². The maximum Gasteiger partial charge on any atom is 0.244 e. The minimum atomic E-state index is -4.03. The van der Waals surface area contributed by atoms with Crippen molar-refractivity contribution in [1.82, 2.24) is 4.31 Å². The maximum absolute atomic E-state index is 13.7. The molecule has 1 aromatic carbocycles. The van der Waals surface area contributed by atoms with Gasteiger partial charge in [-0.05, 0) is 50.3 Å². The number of hydrogen-bond donors (Lipinski definition) is 1. The first-order valence-electron chi connectivity index (χ1n) is 8.43. The molecule has 25 heavy (non-hydrogen) atoms. The van der Waals surface area contributed by atoms with Gasteiger partial charge in [0.25, 0.3) is 0 Å². The number of ether oxygens (including phenoxy) is 1. The highest BCUT2D eigenvalue weighted by Gasteiger charge is 2.52. The summed E-state index contributed by atoms with van der Waals surface area (Å²) < 4.78 is 46.7. The summed E-state index contributed by atoms with van der Waals surface area (Å²) in [6, 6.07) is 2.72. The lowest BCUT2D eigenvalue weighted by atomic mass is 9.68. The van der Waals surface area contributed by atoms with Gasteiger partial charge in [0.1, 0.15) is 11.9 Å². The van der Waals surface area contributed by atoms with E-state index in [-0.39, 0.29) is 11.4 Å². The lowest BCUT2D eigenvalue weighted by molar-refractivity contribution is -0.132. The van der Waals surface area contributed by atoms with E-state index in [1.54, 1.807) is 6.92 Å². The Balaban J connectivity index is 2.07. The van der Waals surface area contributed by atoms with Crippen LogP contribution in [0.1, 0.15) is 31.2 Å². The molecule has 0 bridgehead atoms. The van der Waals surface area contributed by atoms with Gasteiger partial charge in [-0.1, -0.05) is 6.07 Å². The van der Waals surface area contributed by atoms with E-state index < -0.39 is 33.2 Å². The fraction of sp³-hybridized carbons (Fsp3) is 0.588. The smallest absolute Gasteiger partial charge is 0.244 e. The molecule has 2 heterocycles. The zero-order valence-corrected chi connectivity index (χ0v) is 15.0. The van der Waals surface area contributed by atoms with Gasteiger partial charge in [-0.2, -0.15) is 4.31 Å². The molecule has 2 aliphatic heterocycles. The highest BCUT2D eigenvalue weighted by atomic mass is 32.2. The molecule has 2 N–H and O–H groups in total. The van der Waals surface area contributed by atoms with Gasteiger partial charge in [-0.15, -0.1) is 0 Å². The molecule has 8 heteroatoms. The van der Waals surface area contributed by atoms with Crippen LogP contribution in [0.25, 0.3) is 0 Å². The molecule has 0 aliphatic carbocycles. The first-order valence-corrected chi connectivity index (χ1v) is 9.87. The number of hydrogen-bond acceptors (Lipinski definition) is 4. The zero-order valence-electron chi connectivity index (χ0n) is 14.2. The van der Waals surface area contributed by atoms with Crippen LogP contribution in [0.15, 0.2) is 23.1 Å². The number of amides is 1. The average molecular weight is 370 g/mol. The van der Waals surface area contributed by atoms with Crippen molar-refractivity contribution in [1.29, 1.82) is 0 Å². The minimum Gasteiger partial charge on any atom is -0.381 e. The van der Waals surface area contributed by atoms with Crippen molar-refractivity contribution >= 4 is 15.9 Å². The molecule has 1 spiro atoms.